The van der Waals surface area contributed by atoms with Gasteiger partial charge in [0.15, 0.2) is 12.0 Å². The maximum absolute atomic E-state index is 6.05. The second-order valence-electron chi connectivity index (χ2n) is 4.92. The van der Waals surface area contributed by atoms with E-state index in [1.807, 2.05) is 30.0 Å². The summed E-state index contributed by atoms with van der Waals surface area (Å²) in [6.07, 6.45) is 6.44. The van der Waals surface area contributed by atoms with E-state index >= 15 is 0 Å². The van der Waals surface area contributed by atoms with Crippen LogP contribution in [0.25, 0.3) is 5.76 Å². The fraction of sp³-hybridized carbons (Fsp3) is 0.357. The third-order valence-electron chi connectivity index (χ3n) is 2.94. The van der Waals surface area contributed by atoms with Crippen LogP contribution >= 0.6 is 11.3 Å². The van der Waals surface area contributed by atoms with E-state index in [0.717, 1.165) is 22.9 Å². The molecule has 5 heteroatoms. The van der Waals surface area contributed by atoms with Crippen LogP contribution in [0.2, 0.25) is 0 Å². The highest BCUT2D eigenvalue weighted by Crippen LogP contribution is 2.34. The fourth-order valence-corrected chi connectivity index (χ4v) is 2.66. The Hall–Kier alpha value is -1.75. The van der Waals surface area contributed by atoms with Crippen molar-refractivity contribution in [3.05, 3.63) is 41.2 Å². The van der Waals surface area contributed by atoms with Gasteiger partial charge >= 0.3 is 0 Å². The van der Waals surface area contributed by atoms with Crippen LogP contribution in [0.3, 0.4) is 0 Å². The highest BCUT2D eigenvalue weighted by molar-refractivity contribution is 7.10. The number of thiazole rings is 1. The van der Waals surface area contributed by atoms with Gasteiger partial charge in [-0.2, -0.15) is 0 Å². The predicted molar refractivity (Wildman–Crippen MR) is 75.6 cm³/mol. The molecule has 19 heavy (non-hydrogen) atoms. The van der Waals surface area contributed by atoms with Crippen LogP contribution in [-0.4, -0.2) is 11.2 Å². The topological polar surface area (TPSA) is 38.5 Å². The number of anilines is 1. The predicted octanol–water partition coefficient (Wildman–Crippen LogP) is 3.94. The first-order valence-electron chi connectivity index (χ1n) is 6.33. The fourth-order valence-electron chi connectivity index (χ4n) is 2.09. The lowest BCUT2D eigenvalue weighted by Gasteiger charge is -2.23. The maximum atomic E-state index is 6.05. The third kappa shape index (κ3) is 2.51. The summed E-state index contributed by atoms with van der Waals surface area (Å²) in [5.41, 5.74) is 1.81. The van der Waals surface area contributed by atoms with Gasteiger partial charge < -0.3 is 9.15 Å². The summed E-state index contributed by atoms with van der Waals surface area (Å²) in [6.45, 7) is 4.38. The van der Waals surface area contributed by atoms with Gasteiger partial charge in [-0.05, 0) is 12.0 Å². The highest BCUT2D eigenvalue weighted by atomic mass is 32.1. The van der Waals surface area contributed by atoms with E-state index in [1.54, 1.807) is 17.6 Å². The first-order chi connectivity index (χ1) is 9.24. The van der Waals surface area contributed by atoms with Crippen LogP contribution in [0.15, 0.2) is 40.7 Å². The van der Waals surface area contributed by atoms with Gasteiger partial charge in [-0.15, -0.1) is 11.3 Å². The minimum Gasteiger partial charge on any atom is -0.467 e. The minimum atomic E-state index is -0.0109. The molecule has 0 saturated heterocycles. The molecular weight excluding hydrogens is 260 g/mol. The number of furan rings is 1. The standard InChI is InChI=1S/C14H16N2O2S/c1-10(2)6-14-16(13-4-3-5-17-13)8-11(18-14)12-7-15-9-19-12/h3-5,7-10,14H,6H2,1-2H3. The third-order valence-corrected chi connectivity index (χ3v) is 3.73. The summed E-state index contributed by atoms with van der Waals surface area (Å²) in [6, 6.07) is 3.84. The molecule has 100 valence electrons. The Bertz CT molecular complexity index is 546. The van der Waals surface area contributed by atoms with E-state index in [0.29, 0.717) is 5.92 Å². The lowest BCUT2D eigenvalue weighted by Crippen LogP contribution is -2.28. The van der Waals surface area contributed by atoms with Gasteiger partial charge in [-0.1, -0.05) is 13.8 Å². The molecule has 0 radical (unpaired) electrons. The van der Waals surface area contributed by atoms with Gasteiger partial charge in [0.1, 0.15) is 0 Å². The molecule has 0 fully saturated rings. The lowest BCUT2D eigenvalue weighted by atomic mass is 10.1. The maximum Gasteiger partial charge on any atom is 0.202 e. The Labute approximate surface area is 116 Å². The molecule has 3 rings (SSSR count). The molecule has 1 aliphatic heterocycles. The molecule has 1 atom stereocenters. The van der Waals surface area contributed by atoms with E-state index in [2.05, 4.69) is 23.7 Å². The van der Waals surface area contributed by atoms with Crippen molar-refractivity contribution in [2.24, 2.45) is 5.92 Å². The second kappa shape index (κ2) is 5.09. The molecule has 2 aromatic rings. The second-order valence-corrected chi connectivity index (χ2v) is 5.81. The monoisotopic (exact) mass is 276 g/mol. The van der Waals surface area contributed by atoms with Crippen LogP contribution in [-0.2, 0) is 4.74 Å². The van der Waals surface area contributed by atoms with E-state index in [1.165, 1.54) is 0 Å². The Morgan fingerprint density at radius 1 is 1.47 bits per heavy atom. The zero-order chi connectivity index (χ0) is 13.2. The Kier molecular flexibility index (Phi) is 3.29. The van der Waals surface area contributed by atoms with Gasteiger partial charge in [-0.25, -0.2) is 0 Å². The summed E-state index contributed by atoms with van der Waals surface area (Å²) in [5.74, 6) is 2.23. The van der Waals surface area contributed by atoms with Crippen LogP contribution < -0.4 is 4.90 Å². The van der Waals surface area contributed by atoms with Gasteiger partial charge in [0.25, 0.3) is 0 Å². The highest BCUT2D eigenvalue weighted by Gasteiger charge is 2.30. The number of ether oxygens (including phenoxy) is 1. The number of rotatable bonds is 4. The van der Waals surface area contributed by atoms with Crippen LogP contribution in [0.4, 0.5) is 5.88 Å². The largest absolute Gasteiger partial charge is 0.467 e. The van der Waals surface area contributed by atoms with Gasteiger partial charge in [-0.3, -0.25) is 9.88 Å². The molecule has 0 amide bonds. The van der Waals surface area contributed by atoms with E-state index < -0.39 is 0 Å². The summed E-state index contributed by atoms with van der Waals surface area (Å²) in [7, 11) is 0. The van der Waals surface area contributed by atoms with Gasteiger partial charge in [0, 0.05) is 18.7 Å². The lowest BCUT2D eigenvalue weighted by molar-refractivity contribution is 0.163. The van der Waals surface area contributed by atoms with Crippen LogP contribution in [0, 0.1) is 5.92 Å². The molecule has 0 aliphatic carbocycles. The average Bonchev–Trinajstić information content (AvgIpc) is 3.09. The van der Waals surface area contributed by atoms with E-state index in [-0.39, 0.29) is 6.23 Å². The molecule has 0 N–H and O–H groups in total. The average molecular weight is 276 g/mol. The summed E-state index contributed by atoms with van der Waals surface area (Å²) in [4.78, 5) is 7.19. The number of hydrogen-bond donors (Lipinski definition) is 0. The molecule has 0 aromatic carbocycles. The first-order valence-corrected chi connectivity index (χ1v) is 7.21. The number of hydrogen-bond acceptors (Lipinski definition) is 5. The molecule has 0 saturated carbocycles. The quantitative estimate of drug-likeness (QED) is 0.847. The molecule has 0 bridgehead atoms. The van der Waals surface area contributed by atoms with E-state index in [4.69, 9.17) is 9.15 Å². The number of aromatic nitrogens is 1. The smallest absolute Gasteiger partial charge is 0.202 e. The van der Waals surface area contributed by atoms with Gasteiger partial charge in [0.05, 0.1) is 22.9 Å². The normalized spacial score (nSPS) is 18.8. The van der Waals surface area contributed by atoms with Gasteiger partial charge in [0.2, 0.25) is 5.88 Å². The van der Waals surface area contributed by atoms with Crippen molar-refractivity contribution in [1.29, 1.82) is 0 Å². The Morgan fingerprint density at radius 2 is 2.37 bits per heavy atom. The minimum absolute atomic E-state index is 0.0109. The first kappa shape index (κ1) is 12.3. The van der Waals surface area contributed by atoms with Crippen molar-refractivity contribution in [2.75, 3.05) is 4.90 Å². The number of nitrogens with zero attached hydrogens (tertiary/aromatic N) is 2. The summed E-state index contributed by atoms with van der Waals surface area (Å²) < 4.78 is 11.5. The zero-order valence-corrected chi connectivity index (χ0v) is 11.8. The molecule has 1 aliphatic rings. The van der Waals surface area contributed by atoms with Crippen LogP contribution in [0.5, 0.6) is 0 Å². The van der Waals surface area contributed by atoms with Crippen molar-refractivity contribution < 1.29 is 9.15 Å². The van der Waals surface area contributed by atoms with Crippen molar-refractivity contribution >= 4 is 23.0 Å². The molecular formula is C14H16N2O2S. The summed E-state index contributed by atoms with van der Waals surface area (Å²) in [5, 5.41) is 0. The molecule has 3 heterocycles. The van der Waals surface area contributed by atoms with Crippen molar-refractivity contribution in [3.63, 3.8) is 0 Å². The van der Waals surface area contributed by atoms with Crippen molar-refractivity contribution in [3.8, 4) is 0 Å². The molecule has 1 unspecified atom stereocenters. The van der Waals surface area contributed by atoms with Crippen molar-refractivity contribution in [1.82, 2.24) is 4.98 Å². The zero-order valence-electron chi connectivity index (χ0n) is 10.9. The summed E-state index contributed by atoms with van der Waals surface area (Å²) >= 11 is 1.58. The Morgan fingerprint density at radius 3 is 3.00 bits per heavy atom. The molecule has 0 spiro atoms. The molecule has 4 nitrogen and oxygen atoms in total. The molecule has 2 aromatic heterocycles. The van der Waals surface area contributed by atoms with Crippen LogP contribution in [0.1, 0.15) is 25.1 Å². The Balaban J connectivity index is 1.88. The van der Waals surface area contributed by atoms with Crippen molar-refractivity contribution in [2.45, 2.75) is 26.5 Å². The van der Waals surface area contributed by atoms with E-state index in [9.17, 15) is 0 Å². The SMILES string of the molecule is CC(C)CC1OC(c2cncs2)=CN1c1ccco1.